The molecule has 42 heavy (non-hydrogen) atoms. The van der Waals surface area contributed by atoms with Crippen LogP contribution < -0.4 is 14.4 Å². The van der Waals surface area contributed by atoms with Gasteiger partial charge in [-0.3, -0.25) is 14.5 Å². The summed E-state index contributed by atoms with van der Waals surface area (Å²) in [6, 6.07) is 11.3. The summed E-state index contributed by atoms with van der Waals surface area (Å²) >= 11 is 0.972. The van der Waals surface area contributed by atoms with Crippen LogP contribution in [-0.4, -0.2) is 47.1 Å². The van der Waals surface area contributed by atoms with E-state index in [0.29, 0.717) is 41.5 Å². The summed E-state index contributed by atoms with van der Waals surface area (Å²) in [5, 5.41) is 11.8. The number of carbonyl (C=O) groups is 3. The predicted molar refractivity (Wildman–Crippen MR) is 159 cm³/mol. The molecule has 0 spiro atoms. The molecule has 0 aliphatic carbocycles. The van der Waals surface area contributed by atoms with E-state index in [1.807, 2.05) is 13.0 Å². The first-order valence-corrected chi connectivity index (χ1v) is 14.9. The van der Waals surface area contributed by atoms with E-state index in [2.05, 4.69) is 18.8 Å². The lowest BCUT2D eigenvalue weighted by molar-refractivity contribution is -0.132. The van der Waals surface area contributed by atoms with Gasteiger partial charge >= 0.3 is 11.9 Å². The van der Waals surface area contributed by atoms with Crippen LogP contribution in [0.4, 0.5) is 5.13 Å². The predicted octanol–water partition coefficient (Wildman–Crippen LogP) is 6.00. The molecule has 1 N–H and O–H groups in total. The van der Waals surface area contributed by atoms with Crippen LogP contribution in [0, 0.1) is 12.8 Å². The SMILES string of the molecule is CCOC(=O)c1sc(N2C(=O)C(=O)/C(=C(\O)c3ccc4c(c3)CC(C)O4)C2c2cccc(OCCC(C)C)c2)nc1C. The van der Waals surface area contributed by atoms with Gasteiger partial charge in [-0.1, -0.05) is 37.3 Å². The Labute approximate surface area is 248 Å². The quantitative estimate of drug-likeness (QED) is 0.140. The minimum Gasteiger partial charge on any atom is -0.507 e. The van der Waals surface area contributed by atoms with Gasteiger partial charge in [-0.25, -0.2) is 9.78 Å². The molecule has 220 valence electrons. The van der Waals surface area contributed by atoms with Crippen molar-refractivity contribution in [2.75, 3.05) is 18.1 Å². The number of aromatic nitrogens is 1. The van der Waals surface area contributed by atoms with Crippen molar-refractivity contribution >= 4 is 39.9 Å². The number of nitrogens with zero attached hydrogens (tertiary/aromatic N) is 2. The zero-order chi connectivity index (χ0) is 30.1. The van der Waals surface area contributed by atoms with E-state index in [4.69, 9.17) is 14.2 Å². The van der Waals surface area contributed by atoms with Crippen LogP contribution in [0.1, 0.15) is 72.2 Å². The van der Waals surface area contributed by atoms with Crippen LogP contribution in [0.2, 0.25) is 0 Å². The maximum absolute atomic E-state index is 13.7. The van der Waals surface area contributed by atoms with Crippen molar-refractivity contribution in [3.8, 4) is 11.5 Å². The minimum absolute atomic E-state index is 0.00292. The molecular weight excluding hydrogens is 556 g/mol. The molecule has 2 atom stereocenters. The third kappa shape index (κ3) is 5.63. The maximum atomic E-state index is 13.7. The summed E-state index contributed by atoms with van der Waals surface area (Å²) in [6.45, 7) is 10.2. The molecule has 3 heterocycles. The second kappa shape index (κ2) is 12.0. The topological polar surface area (TPSA) is 115 Å². The van der Waals surface area contributed by atoms with Gasteiger partial charge in [0.15, 0.2) is 5.13 Å². The van der Waals surface area contributed by atoms with E-state index in [9.17, 15) is 19.5 Å². The van der Waals surface area contributed by atoms with Crippen LogP contribution in [0.25, 0.3) is 5.76 Å². The summed E-state index contributed by atoms with van der Waals surface area (Å²) < 4.78 is 16.9. The summed E-state index contributed by atoms with van der Waals surface area (Å²) in [6.07, 6.45) is 1.53. The number of aryl methyl sites for hydroxylation is 1. The summed E-state index contributed by atoms with van der Waals surface area (Å²) in [4.78, 5) is 45.8. The molecule has 3 aromatic rings. The Kier molecular flexibility index (Phi) is 8.36. The Balaban J connectivity index is 1.63. The number of esters is 1. The number of rotatable bonds is 9. The Morgan fingerprint density at radius 1 is 1.21 bits per heavy atom. The molecule has 10 heteroatoms. The van der Waals surface area contributed by atoms with Crippen molar-refractivity contribution in [1.29, 1.82) is 0 Å². The molecule has 2 aliphatic rings. The number of anilines is 1. The fourth-order valence-corrected chi connectivity index (χ4v) is 6.12. The zero-order valence-corrected chi connectivity index (χ0v) is 25.1. The standard InChI is InChI=1S/C32H34N2O7S/c1-6-39-31(38)29-19(5)33-32(42-29)34-26(20-8-7-9-23(16-20)40-13-12-17(2)3)25(28(36)30(34)37)27(35)21-10-11-24-22(15-21)14-18(4)41-24/h7-11,15-18,26,35H,6,12-14H2,1-5H3/b27-25-. The van der Waals surface area contributed by atoms with Crippen molar-refractivity contribution in [2.24, 2.45) is 5.92 Å². The van der Waals surface area contributed by atoms with Crippen molar-refractivity contribution in [2.45, 2.75) is 59.6 Å². The van der Waals surface area contributed by atoms with E-state index < -0.39 is 23.7 Å². The number of ether oxygens (including phenoxy) is 3. The van der Waals surface area contributed by atoms with Crippen LogP contribution in [0.5, 0.6) is 11.5 Å². The lowest BCUT2D eigenvalue weighted by atomic mass is 9.94. The Morgan fingerprint density at radius 2 is 2.00 bits per heavy atom. The molecule has 0 saturated carbocycles. The van der Waals surface area contributed by atoms with E-state index >= 15 is 0 Å². The average molecular weight is 591 g/mol. The van der Waals surface area contributed by atoms with Gasteiger partial charge in [0, 0.05) is 12.0 Å². The number of fused-ring (bicyclic) bond motifs is 1. The third-order valence-corrected chi connectivity index (χ3v) is 8.34. The summed E-state index contributed by atoms with van der Waals surface area (Å²) in [7, 11) is 0. The number of thiazole rings is 1. The monoisotopic (exact) mass is 590 g/mol. The van der Waals surface area contributed by atoms with Gasteiger partial charge < -0.3 is 19.3 Å². The molecule has 1 fully saturated rings. The van der Waals surface area contributed by atoms with Crippen LogP contribution >= 0.6 is 11.3 Å². The normalized spacial score (nSPS) is 19.2. The van der Waals surface area contributed by atoms with Crippen LogP contribution in [0.3, 0.4) is 0 Å². The Bertz CT molecular complexity index is 1570. The molecule has 9 nitrogen and oxygen atoms in total. The Morgan fingerprint density at radius 3 is 2.74 bits per heavy atom. The van der Waals surface area contributed by atoms with E-state index in [-0.39, 0.29) is 34.1 Å². The smallest absolute Gasteiger partial charge is 0.350 e. The highest BCUT2D eigenvalue weighted by Crippen LogP contribution is 2.45. The fraction of sp³-hybridized carbons (Fsp3) is 0.375. The second-order valence-electron chi connectivity index (χ2n) is 10.9. The molecule has 1 amide bonds. The molecule has 2 aliphatic heterocycles. The number of hydrogen-bond donors (Lipinski definition) is 1. The largest absolute Gasteiger partial charge is 0.507 e. The van der Waals surface area contributed by atoms with Crippen LogP contribution in [0.15, 0.2) is 48.0 Å². The number of aliphatic hydroxyl groups excluding tert-OH is 1. The second-order valence-corrected chi connectivity index (χ2v) is 11.8. The lowest BCUT2D eigenvalue weighted by Crippen LogP contribution is -2.29. The van der Waals surface area contributed by atoms with Gasteiger partial charge in [0.25, 0.3) is 5.78 Å². The lowest BCUT2D eigenvalue weighted by Gasteiger charge is -2.23. The van der Waals surface area contributed by atoms with Gasteiger partial charge in [-0.15, -0.1) is 0 Å². The van der Waals surface area contributed by atoms with Crippen molar-refractivity contribution < 1.29 is 33.7 Å². The number of carbonyl (C=O) groups excluding carboxylic acids is 3. The number of hydrogen-bond acceptors (Lipinski definition) is 9. The maximum Gasteiger partial charge on any atom is 0.350 e. The number of benzene rings is 2. The highest BCUT2D eigenvalue weighted by Gasteiger charge is 2.48. The zero-order valence-electron chi connectivity index (χ0n) is 24.3. The molecule has 2 unspecified atom stereocenters. The molecule has 2 aromatic carbocycles. The third-order valence-electron chi connectivity index (χ3n) is 7.20. The molecule has 1 saturated heterocycles. The number of aliphatic hydroxyl groups is 1. The van der Waals surface area contributed by atoms with E-state index in [1.165, 1.54) is 4.90 Å². The minimum atomic E-state index is -1.01. The van der Waals surface area contributed by atoms with Gasteiger partial charge in [-0.2, -0.15) is 0 Å². The van der Waals surface area contributed by atoms with Gasteiger partial charge in [-0.05, 0) is 74.6 Å². The fourth-order valence-electron chi connectivity index (χ4n) is 5.13. The molecule has 0 radical (unpaired) electrons. The van der Waals surface area contributed by atoms with E-state index in [1.54, 1.807) is 50.2 Å². The summed E-state index contributed by atoms with van der Waals surface area (Å²) in [5.74, 6) is -0.788. The number of Topliss-reactive ketones (excluding diaryl/α,β-unsaturated/α-hetero) is 1. The highest BCUT2D eigenvalue weighted by atomic mass is 32.1. The number of amides is 1. The van der Waals surface area contributed by atoms with Gasteiger partial charge in [0.1, 0.15) is 28.2 Å². The van der Waals surface area contributed by atoms with Crippen molar-refractivity contribution in [3.63, 3.8) is 0 Å². The molecule has 1 aromatic heterocycles. The highest BCUT2D eigenvalue weighted by molar-refractivity contribution is 7.17. The van der Waals surface area contributed by atoms with Gasteiger partial charge in [0.2, 0.25) is 0 Å². The summed E-state index contributed by atoms with van der Waals surface area (Å²) in [5.41, 5.74) is 2.18. The first-order chi connectivity index (χ1) is 20.1. The first-order valence-electron chi connectivity index (χ1n) is 14.1. The molecule has 0 bridgehead atoms. The van der Waals surface area contributed by atoms with Gasteiger partial charge in [0.05, 0.1) is 30.5 Å². The molecule has 5 rings (SSSR count). The Hall–Kier alpha value is -4.18. The van der Waals surface area contributed by atoms with E-state index in [0.717, 1.165) is 29.1 Å². The molecular formula is C32H34N2O7S. The van der Waals surface area contributed by atoms with Crippen molar-refractivity contribution in [1.82, 2.24) is 4.98 Å². The number of ketones is 1. The average Bonchev–Trinajstić information content (AvgIpc) is 3.60. The first kappa shape index (κ1) is 29.3. The van der Waals surface area contributed by atoms with Crippen molar-refractivity contribution in [3.05, 3.63) is 75.3 Å². The van der Waals surface area contributed by atoms with Crippen LogP contribution in [-0.2, 0) is 20.7 Å².